The molecular weight excluding hydrogens is 382 g/mol. The van der Waals surface area contributed by atoms with Crippen LogP contribution in [0.25, 0.3) is 10.6 Å². The topological polar surface area (TPSA) is 73.3 Å². The predicted octanol–water partition coefficient (Wildman–Crippen LogP) is 4.97. The molecule has 3 aromatic rings. The van der Waals surface area contributed by atoms with Crippen LogP contribution in [0.5, 0.6) is 11.5 Å². The Hall–Kier alpha value is -2.45. The second-order valence-corrected chi connectivity index (χ2v) is 8.05. The molecule has 0 saturated heterocycles. The lowest BCUT2D eigenvalue weighted by molar-refractivity contribution is 0.103. The molecule has 1 amide bonds. The number of thiazole rings is 2. The summed E-state index contributed by atoms with van der Waals surface area (Å²) in [6.07, 6.45) is 0. The number of rotatable bonds is 6. The Kier molecular flexibility index (Phi) is 5.76. The third kappa shape index (κ3) is 4.12. The van der Waals surface area contributed by atoms with E-state index in [-0.39, 0.29) is 5.91 Å². The van der Waals surface area contributed by atoms with E-state index in [2.05, 4.69) is 29.1 Å². The van der Waals surface area contributed by atoms with Crippen molar-refractivity contribution < 1.29 is 14.3 Å². The third-order valence-corrected chi connectivity index (χ3v) is 5.95. The Morgan fingerprint density at radius 2 is 1.89 bits per heavy atom. The highest BCUT2D eigenvalue weighted by Crippen LogP contribution is 2.35. The molecule has 6 nitrogen and oxygen atoms in total. The molecule has 8 heteroatoms. The van der Waals surface area contributed by atoms with Gasteiger partial charge in [-0.3, -0.25) is 10.1 Å². The molecule has 0 atom stereocenters. The molecule has 0 radical (unpaired) electrons. The molecule has 0 aliphatic heterocycles. The summed E-state index contributed by atoms with van der Waals surface area (Å²) in [7, 11) is 3.18. The summed E-state index contributed by atoms with van der Waals surface area (Å²) in [5, 5.41) is 6.19. The van der Waals surface area contributed by atoms with Crippen LogP contribution < -0.4 is 14.8 Å². The number of amides is 1. The number of hydrogen-bond donors (Lipinski definition) is 1. The summed E-state index contributed by atoms with van der Waals surface area (Å²) < 4.78 is 10.6. The van der Waals surface area contributed by atoms with Crippen molar-refractivity contribution in [1.29, 1.82) is 0 Å². The molecule has 0 fully saturated rings. The van der Waals surface area contributed by atoms with Crippen LogP contribution in [0.2, 0.25) is 0 Å². The van der Waals surface area contributed by atoms with E-state index in [0.29, 0.717) is 33.1 Å². The van der Waals surface area contributed by atoms with Gasteiger partial charge >= 0.3 is 0 Å². The zero-order valence-electron chi connectivity index (χ0n) is 15.8. The lowest BCUT2D eigenvalue weighted by Gasteiger charge is -2.08. The number of ether oxygens (including phenoxy) is 2. The predicted molar refractivity (Wildman–Crippen MR) is 110 cm³/mol. The first kappa shape index (κ1) is 19.3. The molecule has 142 valence electrons. The van der Waals surface area contributed by atoms with E-state index in [0.717, 1.165) is 16.3 Å². The van der Waals surface area contributed by atoms with Crippen LogP contribution in [0.15, 0.2) is 23.6 Å². The number of nitrogens with one attached hydrogen (secondary N) is 1. The van der Waals surface area contributed by atoms with Gasteiger partial charge in [0.1, 0.15) is 9.88 Å². The van der Waals surface area contributed by atoms with E-state index >= 15 is 0 Å². The van der Waals surface area contributed by atoms with Gasteiger partial charge in [0, 0.05) is 10.9 Å². The fraction of sp³-hybridized carbons (Fsp3) is 0.316. The maximum atomic E-state index is 12.7. The summed E-state index contributed by atoms with van der Waals surface area (Å²) >= 11 is 2.77. The molecule has 2 aromatic heterocycles. The van der Waals surface area contributed by atoms with Crippen molar-refractivity contribution in [3.05, 3.63) is 39.8 Å². The fourth-order valence-electron chi connectivity index (χ4n) is 2.46. The molecule has 1 aromatic carbocycles. The van der Waals surface area contributed by atoms with Gasteiger partial charge in [-0.15, -0.1) is 22.7 Å². The molecule has 27 heavy (non-hydrogen) atoms. The van der Waals surface area contributed by atoms with Gasteiger partial charge in [-0.25, -0.2) is 9.97 Å². The van der Waals surface area contributed by atoms with Crippen LogP contribution in [0.3, 0.4) is 0 Å². The minimum absolute atomic E-state index is 0.193. The van der Waals surface area contributed by atoms with E-state index < -0.39 is 0 Å². The van der Waals surface area contributed by atoms with E-state index in [1.807, 2.05) is 30.5 Å². The quantitative estimate of drug-likeness (QED) is 0.629. The first-order valence-corrected chi connectivity index (χ1v) is 10.1. The maximum absolute atomic E-state index is 12.7. The molecule has 1 N–H and O–H groups in total. The minimum Gasteiger partial charge on any atom is -0.493 e. The van der Waals surface area contributed by atoms with Gasteiger partial charge in [-0.05, 0) is 31.0 Å². The average molecular weight is 404 g/mol. The van der Waals surface area contributed by atoms with Crippen LogP contribution in [0.4, 0.5) is 5.13 Å². The molecule has 0 spiro atoms. The second-order valence-electron chi connectivity index (χ2n) is 6.19. The van der Waals surface area contributed by atoms with Crippen molar-refractivity contribution in [2.45, 2.75) is 26.7 Å². The van der Waals surface area contributed by atoms with E-state index in [1.54, 1.807) is 14.2 Å². The Labute approximate surface area is 166 Å². The Morgan fingerprint density at radius 3 is 2.52 bits per heavy atom. The molecule has 0 aliphatic rings. The van der Waals surface area contributed by atoms with Crippen molar-refractivity contribution >= 4 is 33.7 Å². The number of carbonyl (C=O) groups excluding carboxylic acids is 1. The van der Waals surface area contributed by atoms with Gasteiger partial charge in [-0.1, -0.05) is 13.8 Å². The summed E-state index contributed by atoms with van der Waals surface area (Å²) in [6, 6.07) is 5.58. The summed E-state index contributed by atoms with van der Waals surface area (Å²) in [6.45, 7) is 5.98. The van der Waals surface area contributed by atoms with Crippen LogP contribution >= 0.6 is 22.7 Å². The molecule has 2 heterocycles. The van der Waals surface area contributed by atoms with Crippen LogP contribution in [0.1, 0.15) is 40.8 Å². The SMILES string of the molecule is COc1ccc(-c2nc(C)c(C(=O)Nc3nc(C(C)C)cs3)s2)cc1OC. The Balaban J connectivity index is 1.84. The van der Waals surface area contributed by atoms with Crippen LogP contribution in [-0.4, -0.2) is 30.1 Å². The smallest absolute Gasteiger partial charge is 0.269 e. The van der Waals surface area contributed by atoms with Crippen molar-refractivity contribution in [2.24, 2.45) is 0 Å². The second kappa shape index (κ2) is 8.06. The molecular formula is C19H21N3O3S2. The van der Waals surface area contributed by atoms with Gasteiger partial charge in [0.15, 0.2) is 16.6 Å². The molecule has 0 saturated carbocycles. The summed E-state index contributed by atoms with van der Waals surface area (Å²) in [5.41, 5.74) is 2.53. The number of carbonyl (C=O) groups is 1. The molecule has 3 rings (SSSR count). The van der Waals surface area contributed by atoms with Gasteiger partial charge < -0.3 is 9.47 Å². The monoisotopic (exact) mass is 403 g/mol. The van der Waals surface area contributed by atoms with Crippen molar-refractivity contribution in [1.82, 2.24) is 9.97 Å². The largest absolute Gasteiger partial charge is 0.493 e. The number of nitrogens with zero attached hydrogens (tertiary/aromatic N) is 2. The zero-order chi connectivity index (χ0) is 19.6. The van der Waals surface area contributed by atoms with Crippen LogP contribution in [-0.2, 0) is 0 Å². The van der Waals surface area contributed by atoms with Crippen LogP contribution in [0, 0.1) is 6.92 Å². The standard InChI is InChI=1S/C19H21N3O3S2/c1-10(2)13-9-26-19(21-13)22-17(23)16-11(3)20-18(27-16)12-6-7-14(24-4)15(8-12)25-5/h6-10H,1-5H3,(H,21,22,23). The number of methoxy groups -OCH3 is 2. The number of hydrogen-bond acceptors (Lipinski definition) is 7. The van der Waals surface area contributed by atoms with Crippen molar-refractivity contribution in [2.75, 3.05) is 19.5 Å². The Morgan fingerprint density at radius 1 is 1.15 bits per heavy atom. The van der Waals surface area contributed by atoms with Crippen molar-refractivity contribution in [3.63, 3.8) is 0 Å². The fourth-order valence-corrected chi connectivity index (χ4v) is 4.29. The van der Waals surface area contributed by atoms with Gasteiger partial charge in [0.2, 0.25) is 0 Å². The molecule has 0 unspecified atom stereocenters. The summed E-state index contributed by atoms with van der Waals surface area (Å²) in [5.74, 6) is 1.41. The lowest BCUT2D eigenvalue weighted by Crippen LogP contribution is -2.11. The highest BCUT2D eigenvalue weighted by Gasteiger charge is 2.19. The minimum atomic E-state index is -0.193. The summed E-state index contributed by atoms with van der Waals surface area (Å²) in [4.78, 5) is 22.2. The normalized spacial score (nSPS) is 10.9. The number of aryl methyl sites for hydroxylation is 1. The van der Waals surface area contributed by atoms with E-state index in [4.69, 9.17) is 9.47 Å². The zero-order valence-corrected chi connectivity index (χ0v) is 17.5. The molecule has 0 bridgehead atoms. The molecule has 0 aliphatic carbocycles. The maximum Gasteiger partial charge on any atom is 0.269 e. The number of anilines is 1. The van der Waals surface area contributed by atoms with Crippen molar-refractivity contribution in [3.8, 4) is 22.1 Å². The van der Waals surface area contributed by atoms with E-state index in [9.17, 15) is 4.79 Å². The lowest BCUT2D eigenvalue weighted by atomic mass is 10.2. The average Bonchev–Trinajstić information content (AvgIpc) is 3.28. The van der Waals surface area contributed by atoms with Gasteiger partial charge in [-0.2, -0.15) is 0 Å². The highest BCUT2D eigenvalue weighted by molar-refractivity contribution is 7.17. The number of benzene rings is 1. The highest BCUT2D eigenvalue weighted by atomic mass is 32.1. The third-order valence-electron chi connectivity index (χ3n) is 3.97. The van der Waals surface area contributed by atoms with Gasteiger partial charge in [0.05, 0.1) is 25.6 Å². The van der Waals surface area contributed by atoms with E-state index in [1.165, 1.54) is 22.7 Å². The number of aromatic nitrogens is 2. The van der Waals surface area contributed by atoms with Gasteiger partial charge in [0.25, 0.3) is 5.91 Å². The first-order valence-electron chi connectivity index (χ1n) is 8.39. The first-order chi connectivity index (χ1) is 12.9. The Bertz CT molecular complexity index is 963.